The van der Waals surface area contributed by atoms with Crippen LogP contribution in [0.4, 0.5) is 0 Å². The number of aryl methyl sites for hydroxylation is 1. The maximum absolute atomic E-state index is 13.1. The molecule has 2 aromatic rings. The minimum absolute atomic E-state index is 0.0196. The number of nitrogens with zero attached hydrogens (tertiary/aromatic N) is 4. The number of amides is 2. The van der Waals surface area contributed by atoms with Crippen LogP contribution in [0.15, 0.2) is 11.1 Å². The van der Waals surface area contributed by atoms with Gasteiger partial charge in [0.25, 0.3) is 11.5 Å². The van der Waals surface area contributed by atoms with Crippen LogP contribution in [0.5, 0.6) is 0 Å². The second-order valence-corrected chi connectivity index (χ2v) is 9.48. The highest BCUT2D eigenvalue weighted by Gasteiger charge is 2.25. The molecule has 1 N–H and O–H groups in total. The summed E-state index contributed by atoms with van der Waals surface area (Å²) < 4.78 is 1.37. The van der Waals surface area contributed by atoms with Crippen LogP contribution in [0.3, 0.4) is 0 Å². The van der Waals surface area contributed by atoms with Gasteiger partial charge in [0.15, 0.2) is 0 Å². The number of rotatable bonds is 9. The monoisotopic (exact) mass is 461 g/mol. The first-order chi connectivity index (χ1) is 15.4. The van der Waals surface area contributed by atoms with Gasteiger partial charge in [-0.2, -0.15) is 0 Å². The number of likely N-dealkylation sites (tertiary alicyclic amines) is 1. The molecule has 1 atom stereocenters. The van der Waals surface area contributed by atoms with E-state index in [2.05, 4.69) is 36.0 Å². The zero-order valence-corrected chi connectivity index (χ0v) is 20.5. The molecule has 176 valence electrons. The Kier molecular flexibility index (Phi) is 8.42. The fourth-order valence-electron chi connectivity index (χ4n) is 4.32. The third-order valence-electron chi connectivity index (χ3n) is 6.38. The lowest BCUT2D eigenvalue weighted by atomic mass is 10.0. The van der Waals surface area contributed by atoms with E-state index in [1.54, 1.807) is 6.92 Å². The number of hydrogen-bond acceptors (Lipinski definition) is 6. The fourth-order valence-corrected chi connectivity index (χ4v) is 5.37. The number of hydrogen-bond donors (Lipinski definition) is 1. The van der Waals surface area contributed by atoms with E-state index >= 15 is 0 Å². The van der Waals surface area contributed by atoms with Crippen molar-refractivity contribution >= 4 is 33.4 Å². The normalized spacial score (nSPS) is 16.7. The second-order valence-electron chi connectivity index (χ2n) is 8.48. The summed E-state index contributed by atoms with van der Waals surface area (Å²) in [6, 6.07) is 0.198. The van der Waals surface area contributed by atoms with Crippen LogP contribution in [-0.4, -0.2) is 69.9 Å². The quantitative estimate of drug-likeness (QED) is 0.580. The van der Waals surface area contributed by atoms with Crippen LogP contribution in [0, 0.1) is 6.92 Å². The van der Waals surface area contributed by atoms with E-state index < -0.39 is 0 Å². The molecule has 9 heteroatoms. The third-order valence-corrected chi connectivity index (χ3v) is 7.58. The van der Waals surface area contributed by atoms with Gasteiger partial charge in [-0.3, -0.25) is 19.0 Å². The summed E-state index contributed by atoms with van der Waals surface area (Å²) >= 11 is 1.23. The molecule has 3 heterocycles. The average molecular weight is 462 g/mol. The highest BCUT2D eigenvalue weighted by Crippen LogP contribution is 2.26. The van der Waals surface area contributed by atoms with E-state index in [1.165, 1.54) is 22.2 Å². The van der Waals surface area contributed by atoms with Gasteiger partial charge >= 0.3 is 0 Å². The smallest absolute Gasteiger partial charge is 0.262 e. The number of piperidine rings is 1. The van der Waals surface area contributed by atoms with E-state index in [-0.39, 0.29) is 30.0 Å². The number of thiophene rings is 1. The van der Waals surface area contributed by atoms with Gasteiger partial charge in [-0.25, -0.2) is 4.98 Å². The number of carbonyl (C=O) groups is 2. The summed E-state index contributed by atoms with van der Waals surface area (Å²) in [6.45, 7) is 12.3. The van der Waals surface area contributed by atoms with E-state index in [4.69, 9.17) is 0 Å². The molecular weight excluding hydrogens is 426 g/mol. The SMILES string of the molecule is CCN(CC)CCCNC(=O)c1sc2ncn(CC(=O)N3CCCC[C@H]3C)c(=O)c2c1C. The molecule has 0 radical (unpaired) electrons. The number of aromatic nitrogens is 2. The summed E-state index contributed by atoms with van der Waals surface area (Å²) in [7, 11) is 0. The van der Waals surface area contributed by atoms with Gasteiger partial charge in [0.1, 0.15) is 11.4 Å². The van der Waals surface area contributed by atoms with Crippen molar-refractivity contribution in [3.63, 3.8) is 0 Å². The van der Waals surface area contributed by atoms with Gasteiger partial charge in [-0.05, 0) is 64.7 Å². The summed E-state index contributed by atoms with van der Waals surface area (Å²) in [5.41, 5.74) is 0.374. The molecule has 8 nitrogen and oxygen atoms in total. The molecule has 1 aliphatic rings. The van der Waals surface area contributed by atoms with Gasteiger partial charge in [0, 0.05) is 19.1 Å². The topological polar surface area (TPSA) is 87.5 Å². The lowest BCUT2D eigenvalue weighted by Gasteiger charge is -2.33. The van der Waals surface area contributed by atoms with Crippen LogP contribution < -0.4 is 10.9 Å². The Balaban J connectivity index is 1.71. The summed E-state index contributed by atoms with van der Waals surface area (Å²) in [5.74, 6) is -0.228. The summed E-state index contributed by atoms with van der Waals surface area (Å²) in [6.07, 6.45) is 5.43. The lowest BCUT2D eigenvalue weighted by Crippen LogP contribution is -2.44. The van der Waals surface area contributed by atoms with Crippen molar-refractivity contribution in [2.24, 2.45) is 0 Å². The van der Waals surface area contributed by atoms with E-state index in [1.807, 2.05) is 4.90 Å². The number of carbonyl (C=O) groups excluding carboxylic acids is 2. The van der Waals surface area contributed by atoms with Crippen molar-refractivity contribution < 1.29 is 9.59 Å². The average Bonchev–Trinajstić information content (AvgIpc) is 3.13. The van der Waals surface area contributed by atoms with E-state index in [0.29, 0.717) is 27.2 Å². The van der Waals surface area contributed by atoms with Crippen LogP contribution in [-0.2, 0) is 11.3 Å². The molecule has 0 aromatic carbocycles. The van der Waals surface area contributed by atoms with E-state index in [0.717, 1.165) is 51.9 Å². The van der Waals surface area contributed by atoms with Gasteiger partial charge in [0.2, 0.25) is 5.91 Å². The highest BCUT2D eigenvalue weighted by molar-refractivity contribution is 7.20. The first kappa shape index (κ1) is 24.4. The summed E-state index contributed by atoms with van der Waals surface area (Å²) in [4.78, 5) is 48.2. The Morgan fingerprint density at radius 2 is 2.03 bits per heavy atom. The molecule has 32 heavy (non-hydrogen) atoms. The van der Waals surface area contributed by atoms with Crippen LogP contribution in [0.1, 0.15) is 61.7 Å². The molecule has 1 saturated heterocycles. The molecule has 0 spiro atoms. The van der Waals surface area contributed by atoms with Crippen molar-refractivity contribution in [1.82, 2.24) is 24.7 Å². The van der Waals surface area contributed by atoms with Crippen LogP contribution in [0.25, 0.3) is 10.2 Å². The fraction of sp³-hybridized carbons (Fsp3) is 0.652. The van der Waals surface area contributed by atoms with Crippen molar-refractivity contribution in [2.45, 2.75) is 66.0 Å². The number of fused-ring (bicyclic) bond motifs is 1. The Morgan fingerprint density at radius 1 is 1.28 bits per heavy atom. The molecule has 1 fully saturated rings. The highest BCUT2D eigenvalue weighted by atomic mass is 32.1. The minimum atomic E-state index is -0.262. The van der Waals surface area contributed by atoms with Crippen molar-refractivity contribution in [3.05, 3.63) is 27.1 Å². The molecule has 2 aromatic heterocycles. The Bertz CT molecular complexity index is 1010. The van der Waals surface area contributed by atoms with Crippen molar-refractivity contribution in [2.75, 3.05) is 32.7 Å². The second kappa shape index (κ2) is 11.0. The van der Waals surface area contributed by atoms with Gasteiger partial charge in [0.05, 0.1) is 16.6 Å². The van der Waals surface area contributed by atoms with Crippen molar-refractivity contribution in [1.29, 1.82) is 0 Å². The molecule has 0 aliphatic carbocycles. The minimum Gasteiger partial charge on any atom is -0.351 e. The van der Waals surface area contributed by atoms with Gasteiger partial charge in [-0.1, -0.05) is 13.8 Å². The predicted octanol–water partition coefficient (Wildman–Crippen LogP) is 2.63. The first-order valence-electron chi connectivity index (χ1n) is 11.7. The molecule has 2 amide bonds. The van der Waals surface area contributed by atoms with Crippen LogP contribution in [0.2, 0.25) is 0 Å². The Hall–Kier alpha value is -2.26. The zero-order valence-electron chi connectivity index (χ0n) is 19.6. The maximum Gasteiger partial charge on any atom is 0.262 e. The first-order valence-corrected chi connectivity index (χ1v) is 12.5. The molecule has 0 unspecified atom stereocenters. The van der Waals surface area contributed by atoms with E-state index in [9.17, 15) is 14.4 Å². The van der Waals surface area contributed by atoms with Gasteiger partial charge < -0.3 is 15.1 Å². The van der Waals surface area contributed by atoms with Gasteiger partial charge in [-0.15, -0.1) is 11.3 Å². The Morgan fingerprint density at radius 3 is 2.72 bits per heavy atom. The van der Waals surface area contributed by atoms with Crippen molar-refractivity contribution in [3.8, 4) is 0 Å². The molecule has 0 bridgehead atoms. The molecule has 0 saturated carbocycles. The maximum atomic E-state index is 13.1. The zero-order chi connectivity index (χ0) is 23.3. The molecule has 3 rings (SSSR count). The Labute approximate surface area is 193 Å². The lowest BCUT2D eigenvalue weighted by molar-refractivity contribution is -0.135. The van der Waals surface area contributed by atoms with Crippen LogP contribution >= 0.6 is 11.3 Å². The predicted molar refractivity (Wildman–Crippen MR) is 128 cm³/mol. The third kappa shape index (κ3) is 5.38. The molecular formula is C23H35N5O3S. The summed E-state index contributed by atoms with van der Waals surface area (Å²) in [5, 5.41) is 3.40. The largest absolute Gasteiger partial charge is 0.351 e. The number of nitrogens with one attached hydrogen (secondary N) is 1. The molecule has 1 aliphatic heterocycles. The standard InChI is InChI=1S/C23H35N5O3S/c1-5-26(6-2)12-9-11-24-21(30)20-17(4)19-22(32-20)25-15-27(23(19)31)14-18(29)28-13-8-7-10-16(28)3/h15-16H,5-14H2,1-4H3,(H,24,30)/t16-/m1/s1.